The summed E-state index contributed by atoms with van der Waals surface area (Å²) in [7, 11) is 0. The molecule has 0 heterocycles. The molecule has 0 aliphatic heterocycles. The van der Waals surface area contributed by atoms with Gasteiger partial charge < -0.3 is 10.8 Å². The third kappa shape index (κ3) is 1.91. The minimum Gasteiger partial charge on any atom is -0.508 e. The quantitative estimate of drug-likeness (QED) is 0.593. The SMILES string of the molecule is Nc1c(F)cc(-c2ccc(O)cc2)c(F)c1F. The standard InChI is InChI=1S/C12H8F3NO/c13-9-5-8(10(14)11(15)12(9)16)6-1-3-7(17)4-2-6/h1-5,17H,16H2. The maximum Gasteiger partial charge on any atom is 0.185 e. The molecule has 2 aromatic rings. The molecule has 0 amide bonds. The number of phenolic OH excluding ortho intramolecular Hbond substituents is 1. The molecule has 0 aliphatic carbocycles. The molecule has 0 saturated heterocycles. The molecule has 17 heavy (non-hydrogen) atoms. The van der Waals surface area contributed by atoms with Gasteiger partial charge in [-0.2, -0.15) is 0 Å². The van der Waals surface area contributed by atoms with E-state index in [1.807, 2.05) is 0 Å². The van der Waals surface area contributed by atoms with E-state index in [-0.39, 0.29) is 16.9 Å². The van der Waals surface area contributed by atoms with Gasteiger partial charge in [0.1, 0.15) is 17.3 Å². The first kappa shape index (κ1) is 11.3. The second-order valence-electron chi connectivity index (χ2n) is 3.49. The molecule has 5 heteroatoms. The lowest BCUT2D eigenvalue weighted by Gasteiger charge is -2.07. The van der Waals surface area contributed by atoms with Crippen molar-refractivity contribution in [1.29, 1.82) is 0 Å². The maximum atomic E-state index is 13.5. The summed E-state index contributed by atoms with van der Waals surface area (Å²) in [5, 5.41) is 9.06. The van der Waals surface area contributed by atoms with Gasteiger partial charge >= 0.3 is 0 Å². The average molecular weight is 239 g/mol. The molecule has 88 valence electrons. The van der Waals surface area contributed by atoms with Crippen LogP contribution < -0.4 is 5.73 Å². The van der Waals surface area contributed by atoms with Gasteiger partial charge in [-0.3, -0.25) is 0 Å². The number of halogens is 3. The predicted molar refractivity (Wildman–Crippen MR) is 57.8 cm³/mol. The first-order valence-electron chi connectivity index (χ1n) is 4.73. The van der Waals surface area contributed by atoms with Crippen molar-refractivity contribution in [3.63, 3.8) is 0 Å². The first-order valence-corrected chi connectivity index (χ1v) is 4.73. The number of hydrogen-bond donors (Lipinski definition) is 2. The average Bonchev–Trinajstić information content (AvgIpc) is 2.32. The van der Waals surface area contributed by atoms with Gasteiger partial charge in [-0.1, -0.05) is 12.1 Å². The van der Waals surface area contributed by atoms with Crippen LogP contribution in [-0.2, 0) is 0 Å². The molecule has 2 nitrogen and oxygen atoms in total. The number of phenols is 1. The monoisotopic (exact) mass is 239 g/mol. The largest absolute Gasteiger partial charge is 0.508 e. The van der Waals surface area contributed by atoms with Crippen molar-refractivity contribution in [2.45, 2.75) is 0 Å². The molecule has 2 rings (SSSR count). The van der Waals surface area contributed by atoms with E-state index in [1.54, 1.807) is 0 Å². The molecule has 0 radical (unpaired) electrons. The predicted octanol–water partition coefficient (Wildman–Crippen LogP) is 3.06. The molecule has 0 unspecified atom stereocenters. The van der Waals surface area contributed by atoms with Gasteiger partial charge in [0, 0.05) is 5.56 Å². The third-order valence-electron chi connectivity index (χ3n) is 2.37. The lowest BCUT2D eigenvalue weighted by atomic mass is 10.0. The van der Waals surface area contributed by atoms with Gasteiger partial charge in [0.05, 0.1) is 0 Å². The highest BCUT2D eigenvalue weighted by atomic mass is 19.2. The van der Waals surface area contributed by atoms with Gasteiger partial charge in [0.15, 0.2) is 11.6 Å². The number of nitrogens with two attached hydrogens (primary N) is 1. The zero-order valence-corrected chi connectivity index (χ0v) is 8.55. The smallest absolute Gasteiger partial charge is 0.185 e. The normalized spacial score (nSPS) is 10.5. The molecule has 0 saturated carbocycles. The second kappa shape index (κ2) is 4.01. The molecule has 0 bridgehead atoms. The van der Waals surface area contributed by atoms with Crippen molar-refractivity contribution in [1.82, 2.24) is 0 Å². The molecule has 2 aromatic carbocycles. The Bertz CT molecular complexity index is 567. The Balaban J connectivity index is 2.64. The van der Waals surface area contributed by atoms with Crippen LogP contribution in [0.4, 0.5) is 18.9 Å². The Labute approximate surface area is 95.1 Å². The molecule has 0 fully saturated rings. The second-order valence-corrected chi connectivity index (χ2v) is 3.49. The molecule has 0 aliphatic rings. The van der Waals surface area contributed by atoms with Crippen LogP contribution in [-0.4, -0.2) is 5.11 Å². The van der Waals surface area contributed by atoms with E-state index in [1.165, 1.54) is 24.3 Å². The topological polar surface area (TPSA) is 46.2 Å². The van der Waals surface area contributed by atoms with Crippen LogP contribution in [0.5, 0.6) is 5.75 Å². The van der Waals surface area contributed by atoms with Gasteiger partial charge in [-0.25, -0.2) is 13.2 Å². The van der Waals surface area contributed by atoms with E-state index in [0.717, 1.165) is 6.07 Å². The number of aromatic hydroxyl groups is 1. The van der Waals surface area contributed by atoms with Crippen LogP contribution in [0.25, 0.3) is 11.1 Å². The van der Waals surface area contributed by atoms with Crippen LogP contribution in [0.3, 0.4) is 0 Å². The summed E-state index contributed by atoms with van der Waals surface area (Å²) in [4.78, 5) is 0. The fraction of sp³-hybridized carbons (Fsp3) is 0. The Morgan fingerprint density at radius 1 is 0.941 bits per heavy atom. The summed E-state index contributed by atoms with van der Waals surface area (Å²) in [6.45, 7) is 0. The Kier molecular flexibility index (Phi) is 2.67. The highest BCUT2D eigenvalue weighted by molar-refractivity contribution is 5.67. The van der Waals surface area contributed by atoms with Gasteiger partial charge in [0.2, 0.25) is 0 Å². The molecular weight excluding hydrogens is 231 g/mol. The number of nitrogen functional groups attached to an aromatic ring is 1. The van der Waals surface area contributed by atoms with Crippen molar-refractivity contribution >= 4 is 5.69 Å². The van der Waals surface area contributed by atoms with Crippen LogP contribution >= 0.6 is 0 Å². The number of rotatable bonds is 1. The molecule has 3 N–H and O–H groups in total. The maximum absolute atomic E-state index is 13.5. The van der Waals surface area contributed by atoms with Crippen LogP contribution in [0.15, 0.2) is 30.3 Å². The van der Waals surface area contributed by atoms with Crippen molar-refractivity contribution in [3.8, 4) is 16.9 Å². The van der Waals surface area contributed by atoms with Crippen LogP contribution in [0.2, 0.25) is 0 Å². The van der Waals surface area contributed by atoms with E-state index < -0.39 is 23.1 Å². The minimum atomic E-state index is -1.41. The molecule has 0 spiro atoms. The number of anilines is 1. The fourth-order valence-corrected chi connectivity index (χ4v) is 1.46. The van der Waals surface area contributed by atoms with Gasteiger partial charge in [-0.05, 0) is 23.8 Å². The molecular formula is C12H8F3NO. The Hall–Kier alpha value is -2.17. The van der Waals surface area contributed by atoms with Crippen molar-refractivity contribution in [3.05, 3.63) is 47.8 Å². The first-order chi connectivity index (χ1) is 8.00. The summed E-state index contributed by atoms with van der Waals surface area (Å²) in [6, 6.07) is 6.10. The van der Waals surface area contributed by atoms with Crippen molar-refractivity contribution in [2.75, 3.05) is 5.73 Å². The van der Waals surface area contributed by atoms with Gasteiger partial charge in [0.25, 0.3) is 0 Å². The van der Waals surface area contributed by atoms with E-state index in [4.69, 9.17) is 10.8 Å². The van der Waals surface area contributed by atoms with E-state index >= 15 is 0 Å². The number of benzene rings is 2. The summed E-state index contributed by atoms with van der Waals surface area (Å²) >= 11 is 0. The summed E-state index contributed by atoms with van der Waals surface area (Å²) in [5.41, 5.74) is 4.19. The summed E-state index contributed by atoms with van der Waals surface area (Å²) < 4.78 is 40.0. The third-order valence-corrected chi connectivity index (χ3v) is 2.37. The lowest BCUT2D eigenvalue weighted by Crippen LogP contribution is -2.00. The number of hydrogen-bond acceptors (Lipinski definition) is 2. The zero-order valence-electron chi connectivity index (χ0n) is 8.55. The Morgan fingerprint density at radius 2 is 1.53 bits per heavy atom. The van der Waals surface area contributed by atoms with Crippen molar-refractivity contribution < 1.29 is 18.3 Å². The molecule has 0 aromatic heterocycles. The Morgan fingerprint density at radius 3 is 2.12 bits per heavy atom. The molecule has 0 atom stereocenters. The van der Waals surface area contributed by atoms with E-state index in [2.05, 4.69) is 0 Å². The highest BCUT2D eigenvalue weighted by Gasteiger charge is 2.17. The fourth-order valence-electron chi connectivity index (χ4n) is 1.46. The summed E-state index contributed by atoms with van der Waals surface area (Å²) in [6.07, 6.45) is 0. The minimum absolute atomic E-state index is 0.0226. The van der Waals surface area contributed by atoms with E-state index in [0.29, 0.717) is 0 Å². The van der Waals surface area contributed by atoms with Crippen LogP contribution in [0.1, 0.15) is 0 Å². The lowest BCUT2D eigenvalue weighted by molar-refractivity contribution is 0.475. The van der Waals surface area contributed by atoms with E-state index in [9.17, 15) is 13.2 Å². The summed E-state index contributed by atoms with van der Waals surface area (Å²) in [5.74, 6) is -3.67. The zero-order chi connectivity index (χ0) is 12.6. The van der Waals surface area contributed by atoms with Crippen LogP contribution in [0, 0.1) is 17.5 Å². The van der Waals surface area contributed by atoms with Gasteiger partial charge in [-0.15, -0.1) is 0 Å². The van der Waals surface area contributed by atoms with Crippen molar-refractivity contribution in [2.24, 2.45) is 0 Å². The highest BCUT2D eigenvalue weighted by Crippen LogP contribution is 2.30.